The Morgan fingerprint density at radius 3 is 2.80 bits per heavy atom. The van der Waals surface area contributed by atoms with Gasteiger partial charge in [-0.25, -0.2) is 0 Å². The number of likely N-dealkylation sites (tertiary alicyclic amines) is 1. The number of aliphatic hydroxyl groups excluding tert-OH is 1. The molecule has 0 aliphatic carbocycles. The first-order valence-corrected chi connectivity index (χ1v) is 8.10. The van der Waals surface area contributed by atoms with Crippen molar-refractivity contribution in [3.8, 4) is 0 Å². The van der Waals surface area contributed by atoms with Crippen molar-refractivity contribution in [3.05, 3.63) is 33.8 Å². The monoisotopic (exact) mass is 315 g/mol. The maximum absolute atomic E-state index is 10.3. The van der Waals surface area contributed by atoms with Gasteiger partial charge in [-0.3, -0.25) is 0 Å². The summed E-state index contributed by atoms with van der Waals surface area (Å²) >= 11 is 12.2. The summed E-state index contributed by atoms with van der Waals surface area (Å²) in [6.07, 6.45) is 2.69. The van der Waals surface area contributed by atoms with Crippen LogP contribution in [0.15, 0.2) is 18.2 Å². The van der Waals surface area contributed by atoms with E-state index < -0.39 is 6.10 Å². The fraction of sp³-hybridized carbons (Fsp3) is 0.625. The molecule has 1 aliphatic heterocycles. The van der Waals surface area contributed by atoms with E-state index in [1.165, 1.54) is 12.8 Å². The van der Waals surface area contributed by atoms with E-state index in [9.17, 15) is 5.11 Å². The summed E-state index contributed by atoms with van der Waals surface area (Å²) < 4.78 is 0. The molecule has 0 radical (unpaired) electrons. The molecule has 2 rings (SSSR count). The van der Waals surface area contributed by atoms with Crippen molar-refractivity contribution in [1.29, 1.82) is 0 Å². The predicted molar refractivity (Wildman–Crippen MR) is 85.5 cm³/mol. The molecule has 0 aromatic heterocycles. The number of rotatable bonds is 4. The van der Waals surface area contributed by atoms with Crippen LogP contribution in [0.3, 0.4) is 0 Å². The third kappa shape index (κ3) is 3.88. The Kier molecular flexibility index (Phi) is 5.74. The van der Waals surface area contributed by atoms with E-state index >= 15 is 0 Å². The van der Waals surface area contributed by atoms with Gasteiger partial charge in [0, 0.05) is 24.7 Å². The van der Waals surface area contributed by atoms with E-state index in [0.29, 0.717) is 22.5 Å². The predicted octanol–water partition coefficient (Wildman–Crippen LogP) is 4.54. The second kappa shape index (κ2) is 7.13. The molecule has 3 atom stereocenters. The van der Waals surface area contributed by atoms with Crippen molar-refractivity contribution in [2.45, 2.75) is 45.3 Å². The van der Waals surface area contributed by atoms with Gasteiger partial charge < -0.3 is 10.0 Å². The average Bonchev–Trinajstić information content (AvgIpc) is 2.42. The van der Waals surface area contributed by atoms with Crippen molar-refractivity contribution in [1.82, 2.24) is 4.90 Å². The summed E-state index contributed by atoms with van der Waals surface area (Å²) in [5, 5.41) is 11.3. The number of aliphatic hydroxyl groups is 1. The first-order chi connectivity index (χ1) is 9.49. The first-order valence-electron chi connectivity index (χ1n) is 7.35. The van der Waals surface area contributed by atoms with Crippen molar-refractivity contribution in [2.24, 2.45) is 5.92 Å². The van der Waals surface area contributed by atoms with Gasteiger partial charge in [-0.15, -0.1) is 0 Å². The standard InChI is InChI=1S/C16H23Cl2NO/c1-11-6-7-12(2)19(10-11)9-8-15(20)13-4-3-5-14(17)16(13)18/h3-5,11-12,15,20H,6-10H2,1-2H3. The lowest BCUT2D eigenvalue weighted by Gasteiger charge is -2.37. The third-order valence-electron chi connectivity index (χ3n) is 4.28. The van der Waals surface area contributed by atoms with Crippen molar-refractivity contribution < 1.29 is 5.11 Å². The minimum Gasteiger partial charge on any atom is -0.388 e. The Labute approximate surface area is 131 Å². The molecule has 1 saturated heterocycles. The Hall–Kier alpha value is -0.280. The molecule has 1 aromatic rings. The number of benzene rings is 1. The Morgan fingerprint density at radius 2 is 2.05 bits per heavy atom. The van der Waals surface area contributed by atoms with Gasteiger partial charge >= 0.3 is 0 Å². The van der Waals surface area contributed by atoms with Crippen LogP contribution >= 0.6 is 23.2 Å². The molecule has 0 spiro atoms. The highest BCUT2D eigenvalue weighted by Crippen LogP contribution is 2.32. The molecular formula is C16H23Cl2NO. The van der Waals surface area contributed by atoms with Crippen molar-refractivity contribution in [3.63, 3.8) is 0 Å². The number of halogens is 2. The van der Waals surface area contributed by atoms with Crippen LogP contribution < -0.4 is 0 Å². The van der Waals surface area contributed by atoms with Crippen molar-refractivity contribution in [2.75, 3.05) is 13.1 Å². The Bertz CT molecular complexity index is 452. The van der Waals surface area contributed by atoms with Gasteiger partial charge in [0.15, 0.2) is 0 Å². The molecule has 3 unspecified atom stereocenters. The zero-order chi connectivity index (χ0) is 14.7. The molecule has 2 nitrogen and oxygen atoms in total. The third-order valence-corrected chi connectivity index (χ3v) is 5.11. The summed E-state index contributed by atoms with van der Waals surface area (Å²) in [6, 6.07) is 6.03. The van der Waals surface area contributed by atoms with Crippen LogP contribution in [-0.4, -0.2) is 29.1 Å². The molecule has 4 heteroatoms. The van der Waals surface area contributed by atoms with Gasteiger partial charge in [0.25, 0.3) is 0 Å². The highest BCUT2D eigenvalue weighted by molar-refractivity contribution is 6.42. The summed E-state index contributed by atoms with van der Waals surface area (Å²) in [6.45, 7) is 6.58. The maximum atomic E-state index is 10.3. The first kappa shape index (κ1) is 16.1. The second-order valence-electron chi connectivity index (χ2n) is 5.97. The fourth-order valence-electron chi connectivity index (χ4n) is 2.91. The van der Waals surface area contributed by atoms with Crippen LogP contribution in [0.1, 0.15) is 44.8 Å². The van der Waals surface area contributed by atoms with E-state index in [4.69, 9.17) is 23.2 Å². The molecule has 112 valence electrons. The quantitative estimate of drug-likeness (QED) is 0.881. The van der Waals surface area contributed by atoms with Gasteiger partial charge in [0.05, 0.1) is 16.1 Å². The minimum absolute atomic E-state index is 0.474. The number of nitrogens with zero attached hydrogens (tertiary/aromatic N) is 1. The van der Waals surface area contributed by atoms with Crippen LogP contribution in [-0.2, 0) is 0 Å². The topological polar surface area (TPSA) is 23.5 Å². The highest BCUT2D eigenvalue weighted by atomic mass is 35.5. The Morgan fingerprint density at radius 1 is 1.30 bits per heavy atom. The number of hydrogen-bond acceptors (Lipinski definition) is 2. The fourth-order valence-corrected chi connectivity index (χ4v) is 3.35. The van der Waals surface area contributed by atoms with E-state index in [0.717, 1.165) is 24.6 Å². The van der Waals surface area contributed by atoms with Gasteiger partial charge in [0.1, 0.15) is 0 Å². The highest BCUT2D eigenvalue weighted by Gasteiger charge is 2.23. The average molecular weight is 316 g/mol. The molecule has 1 heterocycles. The van der Waals surface area contributed by atoms with Crippen LogP contribution in [0.5, 0.6) is 0 Å². The van der Waals surface area contributed by atoms with Gasteiger partial charge in [-0.05, 0) is 38.2 Å². The molecule has 0 bridgehead atoms. The molecule has 0 saturated carbocycles. The second-order valence-corrected chi connectivity index (χ2v) is 6.76. The van der Waals surface area contributed by atoms with Crippen LogP contribution in [0.2, 0.25) is 10.0 Å². The summed E-state index contributed by atoms with van der Waals surface area (Å²) in [5.74, 6) is 0.748. The van der Waals surface area contributed by atoms with E-state index in [1.807, 2.05) is 12.1 Å². The molecule has 1 aliphatic rings. The van der Waals surface area contributed by atoms with Crippen LogP contribution in [0.25, 0.3) is 0 Å². The largest absolute Gasteiger partial charge is 0.388 e. The van der Waals surface area contributed by atoms with Crippen molar-refractivity contribution >= 4 is 23.2 Å². The summed E-state index contributed by atoms with van der Waals surface area (Å²) in [5.41, 5.74) is 0.733. The van der Waals surface area contributed by atoms with E-state index in [2.05, 4.69) is 18.7 Å². The molecular weight excluding hydrogens is 293 g/mol. The van der Waals surface area contributed by atoms with Gasteiger partial charge in [0.2, 0.25) is 0 Å². The zero-order valence-corrected chi connectivity index (χ0v) is 13.7. The Balaban J connectivity index is 1.94. The number of piperidine rings is 1. The molecule has 1 fully saturated rings. The molecule has 1 aromatic carbocycles. The SMILES string of the molecule is CC1CCC(C)N(CCC(O)c2cccc(Cl)c2Cl)C1. The minimum atomic E-state index is -0.550. The summed E-state index contributed by atoms with van der Waals surface area (Å²) in [7, 11) is 0. The normalized spacial score (nSPS) is 25.6. The maximum Gasteiger partial charge on any atom is 0.0817 e. The van der Waals surface area contributed by atoms with E-state index in [-0.39, 0.29) is 0 Å². The smallest absolute Gasteiger partial charge is 0.0817 e. The summed E-state index contributed by atoms with van der Waals surface area (Å²) in [4.78, 5) is 2.47. The van der Waals surface area contributed by atoms with Gasteiger partial charge in [-0.2, -0.15) is 0 Å². The zero-order valence-electron chi connectivity index (χ0n) is 12.1. The lowest BCUT2D eigenvalue weighted by molar-refractivity contribution is 0.0907. The molecule has 1 N–H and O–H groups in total. The lowest BCUT2D eigenvalue weighted by Crippen LogP contribution is -2.41. The lowest BCUT2D eigenvalue weighted by atomic mass is 9.94. The van der Waals surface area contributed by atoms with E-state index in [1.54, 1.807) is 6.07 Å². The van der Waals surface area contributed by atoms with Crippen LogP contribution in [0.4, 0.5) is 0 Å². The molecule has 20 heavy (non-hydrogen) atoms. The number of hydrogen-bond donors (Lipinski definition) is 1. The van der Waals surface area contributed by atoms with Crippen LogP contribution in [0, 0.1) is 5.92 Å². The molecule has 0 amide bonds. The van der Waals surface area contributed by atoms with Gasteiger partial charge in [-0.1, -0.05) is 42.3 Å².